The Balaban J connectivity index is 1.48. The molecule has 198 valence electrons. The lowest BCUT2D eigenvalue weighted by atomic mass is 9.98. The Bertz CT molecular complexity index is 1250. The second-order valence-electron chi connectivity index (χ2n) is 9.57. The van der Waals surface area contributed by atoms with Crippen LogP contribution < -0.4 is 5.32 Å². The molecule has 8 heteroatoms. The predicted octanol–water partition coefficient (Wildman–Crippen LogP) is 4.43. The molecule has 0 aromatic heterocycles. The van der Waals surface area contributed by atoms with Crippen LogP contribution in [0.4, 0.5) is 4.79 Å². The van der Waals surface area contributed by atoms with Crippen molar-refractivity contribution in [2.24, 2.45) is 0 Å². The topological polar surface area (TPSA) is 105 Å². The number of benzene rings is 3. The van der Waals surface area contributed by atoms with Crippen LogP contribution in [0.25, 0.3) is 11.1 Å². The maximum atomic E-state index is 13.7. The van der Waals surface area contributed by atoms with Gasteiger partial charge in [-0.3, -0.25) is 9.59 Å². The highest BCUT2D eigenvalue weighted by Gasteiger charge is 2.39. The Kier molecular flexibility index (Phi) is 8.43. The first-order valence-corrected chi connectivity index (χ1v) is 12.5. The molecule has 0 aliphatic heterocycles. The first-order valence-electron chi connectivity index (χ1n) is 12.5. The molecule has 0 saturated carbocycles. The second-order valence-corrected chi connectivity index (χ2v) is 9.57. The summed E-state index contributed by atoms with van der Waals surface area (Å²) in [6, 6.07) is 25.3. The van der Waals surface area contributed by atoms with Gasteiger partial charge in [0, 0.05) is 26.1 Å². The number of nitrogens with zero attached hydrogens (tertiary/aromatic N) is 1. The molecule has 3 aromatic rings. The monoisotopic (exact) mass is 516 g/mol. The van der Waals surface area contributed by atoms with Gasteiger partial charge in [-0.1, -0.05) is 78.9 Å². The van der Waals surface area contributed by atoms with Crippen LogP contribution in [-0.4, -0.2) is 60.4 Å². The quantitative estimate of drug-likeness (QED) is 0.391. The van der Waals surface area contributed by atoms with Gasteiger partial charge in [-0.2, -0.15) is 0 Å². The normalized spacial score (nSPS) is 13.6. The van der Waals surface area contributed by atoms with E-state index in [0.29, 0.717) is 0 Å². The van der Waals surface area contributed by atoms with Crippen molar-refractivity contribution in [3.05, 3.63) is 95.6 Å². The molecule has 38 heavy (non-hydrogen) atoms. The van der Waals surface area contributed by atoms with Gasteiger partial charge in [-0.05, 0) is 34.7 Å². The average molecular weight is 517 g/mol. The zero-order valence-electron chi connectivity index (χ0n) is 21.6. The minimum atomic E-state index is -1.47. The summed E-state index contributed by atoms with van der Waals surface area (Å²) in [7, 11) is 1.43. The van der Waals surface area contributed by atoms with Crippen LogP contribution in [0.15, 0.2) is 78.9 Å². The fourth-order valence-corrected chi connectivity index (χ4v) is 4.94. The maximum Gasteiger partial charge on any atom is 0.408 e. The van der Waals surface area contributed by atoms with Crippen LogP contribution >= 0.6 is 0 Å². The van der Waals surface area contributed by atoms with Crippen LogP contribution in [0.5, 0.6) is 0 Å². The van der Waals surface area contributed by atoms with E-state index in [1.54, 1.807) is 6.92 Å². The number of hydrogen-bond donors (Lipinski definition) is 2. The highest BCUT2D eigenvalue weighted by atomic mass is 16.5. The number of nitrogens with one attached hydrogen (secondary N) is 1. The summed E-state index contributed by atoms with van der Waals surface area (Å²) >= 11 is 0. The summed E-state index contributed by atoms with van der Waals surface area (Å²) in [6.07, 6.45) is -0.982. The van der Waals surface area contributed by atoms with Crippen molar-refractivity contribution >= 4 is 18.0 Å². The van der Waals surface area contributed by atoms with E-state index in [0.717, 1.165) is 27.8 Å². The fraction of sp³-hybridized carbons (Fsp3) is 0.300. The Hall–Kier alpha value is -4.17. The van der Waals surface area contributed by atoms with Crippen molar-refractivity contribution in [2.75, 3.05) is 26.9 Å². The zero-order valence-corrected chi connectivity index (χ0v) is 21.6. The van der Waals surface area contributed by atoms with Gasteiger partial charge in [0.05, 0.1) is 13.0 Å². The summed E-state index contributed by atoms with van der Waals surface area (Å²) in [5.41, 5.74) is 3.77. The van der Waals surface area contributed by atoms with E-state index < -0.39 is 23.5 Å². The number of carboxylic acid groups (broad SMARTS) is 1. The lowest BCUT2D eigenvalue weighted by Gasteiger charge is -2.34. The van der Waals surface area contributed by atoms with E-state index in [1.807, 2.05) is 66.7 Å². The molecule has 3 aromatic carbocycles. The van der Waals surface area contributed by atoms with Gasteiger partial charge in [0.15, 0.2) is 0 Å². The van der Waals surface area contributed by atoms with Crippen LogP contribution in [0.2, 0.25) is 0 Å². The van der Waals surface area contributed by atoms with Crippen molar-refractivity contribution in [3.63, 3.8) is 0 Å². The van der Waals surface area contributed by atoms with Gasteiger partial charge < -0.3 is 24.8 Å². The summed E-state index contributed by atoms with van der Waals surface area (Å²) in [5.74, 6) is -1.60. The first-order chi connectivity index (χ1) is 18.3. The highest BCUT2D eigenvalue weighted by molar-refractivity contribution is 5.90. The van der Waals surface area contributed by atoms with E-state index >= 15 is 0 Å². The Morgan fingerprint density at radius 3 is 2.08 bits per heavy atom. The fourth-order valence-electron chi connectivity index (χ4n) is 4.94. The third-order valence-electron chi connectivity index (χ3n) is 6.73. The molecule has 0 saturated heterocycles. The third kappa shape index (κ3) is 6.03. The zero-order chi connectivity index (χ0) is 27.1. The van der Waals surface area contributed by atoms with Crippen LogP contribution in [0.1, 0.15) is 36.0 Å². The van der Waals surface area contributed by atoms with Crippen LogP contribution in [0, 0.1) is 0 Å². The molecule has 0 fully saturated rings. The molecule has 0 bridgehead atoms. The molecule has 8 nitrogen and oxygen atoms in total. The van der Waals surface area contributed by atoms with Gasteiger partial charge in [0.2, 0.25) is 0 Å². The SMILES string of the molecule is COCC(C)(NC(=O)OCC1c2ccccc2-c2ccccc21)C(=O)N(CCC(=O)O)Cc1ccccc1. The number of rotatable bonds is 11. The van der Waals surface area contributed by atoms with E-state index in [2.05, 4.69) is 17.4 Å². The van der Waals surface area contributed by atoms with Crippen LogP contribution in [-0.2, 0) is 25.6 Å². The predicted molar refractivity (Wildman–Crippen MR) is 143 cm³/mol. The minimum absolute atomic E-state index is 0.0191. The lowest BCUT2D eigenvalue weighted by molar-refractivity contribution is -0.142. The number of carbonyl (C=O) groups excluding carboxylic acids is 2. The lowest BCUT2D eigenvalue weighted by Crippen LogP contribution is -2.60. The Morgan fingerprint density at radius 1 is 0.921 bits per heavy atom. The summed E-state index contributed by atoms with van der Waals surface area (Å²) in [4.78, 5) is 39.4. The minimum Gasteiger partial charge on any atom is -0.481 e. The molecule has 4 rings (SSSR count). The van der Waals surface area contributed by atoms with Crippen molar-refractivity contribution in [1.29, 1.82) is 0 Å². The number of carbonyl (C=O) groups is 3. The van der Waals surface area contributed by atoms with Crippen molar-refractivity contribution in [3.8, 4) is 11.1 Å². The number of carboxylic acids is 1. The molecule has 0 heterocycles. The largest absolute Gasteiger partial charge is 0.481 e. The number of hydrogen-bond acceptors (Lipinski definition) is 5. The Labute approximate surface area is 222 Å². The van der Waals surface area contributed by atoms with Gasteiger partial charge in [0.1, 0.15) is 12.1 Å². The number of ether oxygens (including phenoxy) is 2. The third-order valence-corrected chi connectivity index (χ3v) is 6.73. The first kappa shape index (κ1) is 26.9. The second kappa shape index (κ2) is 11.9. The Morgan fingerprint density at radius 2 is 1.50 bits per heavy atom. The van der Waals surface area contributed by atoms with E-state index in [9.17, 15) is 19.5 Å². The number of fused-ring (bicyclic) bond motifs is 3. The van der Waals surface area contributed by atoms with E-state index in [1.165, 1.54) is 12.0 Å². The number of alkyl carbamates (subject to hydrolysis) is 1. The van der Waals surface area contributed by atoms with Gasteiger partial charge >= 0.3 is 12.1 Å². The summed E-state index contributed by atoms with van der Waals surface area (Å²) in [6.45, 7) is 1.71. The average Bonchev–Trinajstić information content (AvgIpc) is 3.23. The van der Waals surface area contributed by atoms with Gasteiger partial charge in [-0.15, -0.1) is 0 Å². The molecule has 1 unspecified atom stereocenters. The number of methoxy groups -OCH3 is 1. The molecular weight excluding hydrogens is 484 g/mol. The number of aliphatic carboxylic acids is 1. The van der Waals surface area contributed by atoms with Crippen LogP contribution in [0.3, 0.4) is 0 Å². The molecule has 0 radical (unpaired) electrons. The van der Waals surface area contributed by atoms with Gasteiger partial charge in [0.25, 0.3) is 5.91 Å². The standard InChI is InChI=1S/C30H32N2O6/c1-30(20-37-2,28(35)32(17-16-27(33)34)18-21-10-4-3-5-11-21)31-29(36)38-19-26-24-14-8-6-12-22(24)23-13-7-9-15-25(23)26/h3-15,26H,16-20H2,1-2H3,(H,31,36)(H,33,34). The smallest absolute Gasteiger partial charge is 0.408 e. The molecule has 1 atom stereocenters. The van der Waals surface area contributed by atoms with Crippen molar-refractivity contribution in [1.82, 2.24) is 10.2 Å². The molecule has 0 spiro atoms. The summed E-state index contributed by atoms with van der Waals surface area (Å²) < 4.78 is 10.9. The molecule has 2 amide bonds. The maximum absolute atomic E-state index is 13.7. The van der Waals surface area contributed by atoms with Crippen molar-refractivity contribution < 1.29 is 29.0 Å². The molecule has 1 aliphatic rings. The summed E-state index contributed by atoms with van der Waals surface area (Å²) in [5, 5.41) is 11.9. The molecule has 2 N–H and O–H groups in total. The van der Waals surface area contributed by atoms with Gasteiger partial charge in [-0.25, -0.2) is 4.79 Å². The molecular formula is C30H32N2O6. The van der Waals surface area contributed by atoms with E-state index in [-0.39, 0.29) is 38.6 Å². The van der Waals surface area contributed by atoms with Crippen molar-refractivity contribution in [2.45, 2.75) is 31.3 Å². The van der Waals surface area contributed by atoms with E-state index in [4.69, 9.17) is 9.47 Å². The molecule has 1 aliphatic carbocycles. The highest BCUT2D eigenvalue weighted by Crippen LogP contribution is 2.44. The number of amides is 2.